The number of aromatic nitrogens is 3. The van der Waals surface area contributed by atoms with Crippen LogP contribution in [-0.2, 0) is 16.1 Å². The summed E-state index contributed by atoms with van der Waals surface area (Å²) in [6.45, 7) is 5.51. The zero-order chi connectivity index (χ0) is 21.8. The number of carbonyl (C=O) groups excluding carboxylic acids is 1. The van der Waals surface area contributed by atoms with Gasteiger partial charge >= 0.3 is 11.7 Å². The smallest absolute Gasteiger partial charge is 0.350 e. The van der Waals surface area contributed by atoms with E-state index in [1.165, 1.54) is 4.68 Å². The summed E-state index contributed by atoms with van der Waals surface area (Å²) < 4.78 is 8.38. The highest BCUT2D eigenvalue weighted by atomic mass is 35.5. The number of aryl methyl sites for hydroxylation is 1. The highest BCUT2D eigenvalue weighted by Crippen LogP contribution is 2.24. The predicted octanol–water partition coefficient (Wildman–Crippen LogP) is 2.29. The number of piperazine rings is 1. The molecule has 4 rings (SSSR count). The molecule has 0 spiro atoms. The zero-order valence-corrected chi connectivity index (χ0v) is 18.2. The highest BCUT2D eigenvalue weighted by Gasteiger charge is 2.33. The SMILES string of the molecule is CCOC(=O)C1CN(CCCn2nc3ccccn3c2=O)CCN1c1cccc(Cl)c1. The van der Waals surface area contributed by atoms with E-state index in [1.807, 2.05) is 49.4 Å². The molecule has 1 aliphatic heterocycles. The number of benzene rings is 1. The molecule has 0 amide bonds. The van der Waals surface area contributed by atoms with Gasteiger partial charge in [-0.2, -0.15) is 0 Å². The summed E-state index contributed by atoms with van der Waals surface area (Å²) in [5.41, 5.74) is 1.43. The summed E-state index contributed by atoms with van der Waals surface area (Å²) in [6.07, 6.45) is 2.48. The monoisotopic (exact) mass is 443 g/mol. The van der Waals surface area contributed by atoms with E-state index in [1.54, 1.807) is 10.6 Å². The Bertz CT molecular complexity index is 1110. The molecule has 8 nitrogen and oxygen atoms in total. The van der Waals surface area contributed by atoms with Gasteiger partial charge in [0, 0.05) is 49.6 Å². The summed E-state index contributed by atoms with van der Waals surface area (Å²) in [5, 5.41) is 5.02. The van der Waals surface area contributed by atoms with Crippen LogP contribution in [0.3, 0.4) is 0 Å². The van der Waals surface area contributed by atoms with Gasteiger partial charge in [0.05, 0.1) is 6.61 Å². The lowest BCUT2D eigenvalue weighted by molar-refractivity contribution is -0.145. The van der Waals surface area contributed by atoms with Crippen LogP contribution in [0.1, 0.15) is 13.3 Å². The van der Waals surface area contributed by atoms with Crippen molar-refractivity contribution in [3.05, 3.63) is 64.2 Å². The first kappa shape index (κ1) is 21.4. The first-order valence-electron chi connectivity index (χ1n) is 10.5. The molecule has 1 aromatic carbocycles. The Labute approximate surface area is 185 Å². The molecule has 0 saturated carbocycles. The second kappa shape index (κ2) is 9.53. The van der Waals surface area contributed by atoms with E-state index in [0.717, 1.165) is 25.2 Å². The first-order chi connectivity index (χ1) is 15.1. The number of halogens is 1. The molecule has 1 aliphatic rings. The molecule has 1 unspecified atom stereocenters. The average Bonchev–Trinajstić information content (AvgIpc) is 3.09. The number of carbonyl (C=O) groups is 1. The summed E-state index contributed by atoms with van der Waals surface area (Å²) in [5.74, 6) is -0.233. The van der Waals surface area contributed by atoms with Gasteiger partial charge in [-0.1, -0.05) is 23.7 Å². The molecule has 0 aliphatic carbocycles. The van der Waals surface area contributed by atoms with Crippen LogP contribution in [0, 0.1) is 0 Å². The van der Waals surface area contributed by atoms with Crippen LogP contribution in [-0.4, -0.2) is 63.9 Å². The Morgan fingerprint density at radius 3 is 2.84 bits per heavy atom. The van der Waals surface area contributed by atoms with Crippen molar-refractivity contribution in [2.24, 2.45) is 0 Å². The second-order valence-corrected chi connectivity index (χ2v) is 7.97. The molecular weight excluding hydrogens is 418 g/mol. The Balaban J connectivity index is 1.41. The lowest BCUT2D eigenvalue weighted by atomic mass is 10.1. The first-order valence-corrected chi connectivity index (χ1v) is 10.9. The third-order valence-corrected chi connectivity index (χ3v) is 5.73. The maximum Gasteiger partial charge on any atom is 0.350 e. The van der Waals surface area contributed by atoms with Gasteiger partial charge < -0.3 is 9.64 Å². The van der Waals surface area contributed by atoms with Gasteiger partial charge in [0.2, 0.25) is 0 Å². The van der Waals surface area contributed by atoms with Gasteiger partial charge in [0.1, 0.15) is 6.04 Å². The summed E-state index contributed by atoms with van der Waals surface area (Å²) in [4.78, 5) is 29.4. The minimum absolute atomic E-state index is 0.134. The summed E-state index contributed by atoms with van der Waals surface area (Å²) in [7, 11) is 0. The molecule has 0 radical (unpaired) electrons. The van der Waals surface area contributed by atoms with Crippen molar-refractivity contribution in [2.75, 3.05) is 37.7 Å². The Hall–Kier alpha value is -2.84. The van der Waals surface area contributed by atoms with Gasteiger partial charge in [-0.05, 0) is 43.7 Å². The fourth-order valence-electron chi connectivity index (χ4n) is 4.00. The molecule has 164 valence electrons. The molecule has 0 bridgehead atoms. The number of hydrogen-bond acceptors (Lipinski definition) is 6. The molecular formula is C22H26ClN5O3. The zero-order valence-electron chi connectivity index (χ0n) is 17.5. The topological polar surface area (TPSA) is 72.1 Å². The van der Waals surface area contributed by atoms with Crippen molar-refractivity contribution in [2.45, 2.75) is 25.9 Å². The van der Waals surface area contributed by atoms with Gasteiger partial charge in [0.25, 0.3) is 0 Å². The standard InChI is InChI=1S/C22H26ClN5O3/c1-2-31-21(29)19-16-25(13-14-26(19)18-8-5-7-17(23)15-18)10-6-12-28-22(30)27-11-4-3-9-20(27)24-28/h3-5,7-9,11,15,19H,2,6,10,12-14,16H2,1H3. The summed E-state index contributed by atoms with van der Waals surface area (Å²) >= 11 is 6.16. The fourth-order valence-corrected chi connectivity index (χ4v) is 4.19. The lowest BCUT2D eigenvalue weighted by Crippen LogP contribution is -2.57. The van der Waals surface area contributed by atoms with Crippen LogP contribution >= 0.6 is 11.6 Å². The number of ether oxygens (including phenoxy) is 1. The molecule has 9 heteroatoms. The predicted molar refractivity (Wildman–Crippen MR) is 120 cm³/mol. The lowest BCUT2D eigenvalue weighted by Gasteiger charge is -2.41. The van der Waals surface area contributed by atoms with E-state index < -0.39 is 6.04 Å². The van der Waals surface area contributed by atoms with E-state index >= 15 is 0 Å². The van der Waals surface area contributed by atoms with E-state index in [9.17, 15) is 9.59 Å². The van der Waals surface area contributed by atoms with Crippen molar-refractivity contribution < 1.29 is 9.53 Å². The Morgan fingerprint density at radius 2 is 2.06 bits per heavy atom. The van der Waals surface area contributed by atoms with Crippen LogP contribution in [0.4, 0.5) is 5.69 Å². The molecule has 3 heterocycles. The largest absolute Gasteiger partial charge is 0.464 e. The molecule has 1 saturated heterocycles. The Morgan fingerprint density at radius 1 is 1.19 bits per heavy atom. The van der Waals surface area contributed by atoms with E-state index in [4.69, 9.17) is 16.3 Å². The quantitative estimate of drug-likeness (QED) is 0.522. The van der Waals surface area contributed by atoms with Crippen molar-refractivity contribution in [3.8, 4) is 0 Å². The molecule has 0 N–H and O–H groups in total. The third kappa shape index (κ3) is 4.75. The number of rotatable bonds is 7. The third-order valence-electron chi connectivity index (χ3n) is 5.50. The van der Waals surface area contributed by atoms with E-state index in [-0.39, 0.29) is 11.7 Å². The van der Waals surface area contributed by atoms with Gasteiger partial charge in [0.15, 0.2) is 5.65 Å². The minimum Gasteiger partial charge on any atom is -0.464 e. The van der Waals surface area contributed by atoms with Crippen LogP contribution in [0.15, 0.2) is 53.5 Å². The molecule has 1 atom stereocenters. The van der Waals surface area contributed by atoms with Crippen molar-refractivity contribution in [1.29, 1.82) is 0 Å². The molecule has 3 aromatic rings. The van der Waals surface area contributed by atoms with Crippen molar-refractivity contribution >= 4 is 28.9 Å². The van der Waals surface area contributed by atoms with E-state index in [2.05, 4.69) is 14.9 Å². The van der Waals surface area contributed by atoms with Crippen molar-refractivity contribution in [3.63, 3.8) is 0 Å². The summed E-state index contributed by atoms with van der Waals surface area (Å²) in [6, 6.07) is 12.6. The maximum atomic E-state index is 12.7. The van der Waals surface area contributed by atoms with E-state index in [0.29, 0.717) is 36.9 Å². The van der Waals surface area contributed by atoms with Gasteiger partial charge in [-0.3, -0.25) is 9.30 Å². The fraction of sp³-hybridized carbons (Fsp3) is 0.409. The van der Waals surface area contributed by atoms with Crippen LogP contribution in [0.5, 0.6) is 0 Å². The number of esters is 1. The molecule has 31 heavy (non-hydrogen) atoms. The normalized spacial score (nSPS) is 17.2. The average molecular weight is 444 g/mol. The molecule has 2 aromatic heterocycles. The number of hydrogen-bond donors (Lipinski definition) is 0. The van der Waals surface area contributed by atoms with Crippen molar-refractivity contribution in [1.82, 2.24) is 19.1 Å². The number of anilines is 1. The highest BCUT2D eigenvalue weighted by molar-refractivity contribution is 6.30. The van der Waals surface area contributed by atoms with Gasteiger partial charge in [-0.25, -0.2) is 14.3 Å². The molecule has 1 fully saturated rings. The van der Waals surface area contributed by atoms with Crippen LogP contribution < -0.4 is 10.6 Å². The minimum atomic E-state index is -0.398. The second-order valence-electron chi connectivity index (χ2n) is 7.53. The number of nitrogens with zero attached hydrogens (tertiary/aromatic N) is 5. The van der Waals surface area contributed by atoms with Gasteiger partial charge in [-0.15, -0.1) is 5.10 Å². The number of pyridine rings is 1. The maximum absolute atomic E-state index is 12.7. The number of fused-ring (bicyclic) bond motifs is 1. The van der Waals surface area contributed by atoms with Crippen LogP contribution in [0.2, 0.25) is 5.02 Å². The Kier molecular flexibility index (Phi) is 6.58. The van der Waals surface area contributed by atoms with Crippen LogP contribution in [0.25, 0.3) is 5.65 Å².